The van der Waals surface area contributed by atoms with Crippen molar-refractivity contribution in [2.45, 2.75) is 64.1 Å². The van der Waals surface area contributed by atoms with Gasteiger partial charge in [0.15, 0.2) is 5.76 Å². The zero-order chi connectivity index (χ0) is 20.2. The minimum absolute atomic E-state index is 0.0293. The average molecular weight is 396 g/mol. The third kappa shape index (κ3) is 4.47. The fraction of sp³-hybridized carbons (Fsp3) is 0.478. The van der Waals surface area contributed by atoms with Gasteiger partial charge in [-0.2, -0.15) is 0 Å². The van der Waals surface area contributed by atoms with Crippen molar-refractivity contribution in [3.63, 3.8) is 0 Å². The van der Waals surface area contributed by atoms with Crippen molar-refractivity contribution in [1.82, 2.24) is 10.6 Å². The summed E-state index contributed by atoms with van der Waals surface area (Å²) < 4.78 is 5.47. The molecule has 0 radical (unpaired) electrons. The van der Waals surface area contributed by atoms with Crippen LogP contribution in [0, 0.1) is 0 Å². The number of benzene rings is 1. The van der Waals surface area contributed by atoms with Crippen LogP contribution in [0.5, 0.6) is 0 Å². The molecule has 2 amide bonds. The SMILES string of the molecule is CC1Cc2ccccc2N1Cc1ccoc1C(=O)NCC(=O)NC1CCCCC1. The maximum Gasteiger partial charge on any atom is 0.287 e. The highest BCUT2D eigenvalue weighted by Gasteiger charge is 2.27. The van der Waals surface area contributed by atoms with E-state index in [4.69, 9.17) is 4.42 Å². The number of nitrogens with one attached hydrogen (secondary N) is 2. The lowest BCUT2D eigenvalue weighted by Gasteiger charge is -2.24. The number of nitrogens with zero attached hydrogens (tertiary/aromatic N) is 1. The van der Waals surface area contributed by atoms with Gasteiger partial charge in [0, 0.05) is 29.9 Å². The highest BCUT2D eigenvalue weighted by molar-refractivity contribution is 5.95. The second-order valence-electron chi connectivity index (χ2n) is 8.17. The molecule has 1 unspecified atom stereocenters. The van der Waals surface area contributed by atoms with E-state index in [9.17, 15) is 9.59 Å². The number of hydrogen-bond acceptors (Lipinski definition) is 4. The van der Waals surface area contributed by atoms with Crippen molar-refractivity contribution < 1.29 is 14.0 Å². The van der Waals surface area contributed by atoms with Crippen molar-refractivity contribution in [2.24, 2.45) is 0 Å². The molecular formula is C23H29N3O3. The second-order valence-corrected chi connectivity index (χ2v) is 8.17. The number of para-hydroxylation sites is 1. The molecule has 0 spiro atoms. The fourth-order valence-corrected chi connectivity index (χ4v) is 4.48. The molecule has 1 saturated carbocycles. The van der Waals surface area contributed by atoms with Gasteiger partial charge in [-0.05, 0) is 43.9 Å². The van der Waals surface area contributed by atoms with Gasteiger partial charge in [0.25, 0.3) is 5.91 Å². The van der Waals surface area contributed by atoms with Crippen LogP contribution in [0.1, 0.15) is 60.7 Å². The van der Waals surface area contributed by atoms with Crippen molar-refractivity contribution in [3.05, 3.63) is 53.5 Å². The van der Waals surface area contributed by atoms with E-state index >= 15 is 0 Å². The summed E-state index contributed by atoms with van der Waals surface area (Å²) in [7, 11) is 0. The number of anilines is 1. The van der Waals surface area contributed by atoms with Gasteiger partial charge in [0.1, 0.15) is 0 Å². The Balaban J connectivity index is 1.35. The molecular weight excluding hydrogens is 366 g/mol. The predicted octanol–water partition coefficient (Wildman–Crippen LogP) is 3.41. The molecule has 6 nitrogen and oxygen atoms in total. The first-order valence-corrected chi connectivity index (χ1v) is 10.6. The van der Waals surface area contributed by atoms with Crippen molar-refractivity contribution in [1.29, 1.82) is 0 Å². The Kier molecular flexibility index (Phi) is 5.88. The van der Waals surface area contributed by atoms with Crippen LogP contribution in [0.2, 0.25) is 0 Å². The van der Waals surface area contributed by atoms with E-state index in [1.54, 1.807) is 6.26 Å². The number of fused-ring (bicyclic) bond motifs is 1. The van der Waals surface area contributed by atoms with E-state index < -0.39 is 0 Å². The number of furan rings is 1. The lowest BCUT2D eigenvalue weighted by Crippen LogP contribution is -2.42. The Bertz CT molecular complexity index is 870. The summed E-state index contributed by atoms with van der Waals surface area (Å²) in [5, 5.41) is 5.72. The standard InChI is InChI=1S/C23H29N3O3/c1-16-13-17-7-5-6-10-20(17)26(16)15-18-11-12-29-22(18)23(28)24-14-21(27)25-19-8-3-2-4-9-19/h5-7,10-12,16,19H,2-4,8-9,13-15H2,1H3,(H,24,28)(H,25,27). The highest BCUT2D eigenvalue weighted by atomic mass is 16.3. The van der Waals surface area contributed by atoms with Crippen molar-refractivity contribution >= 4 is 17.5 Å². The summed E-state index contributed by atoms with van der Waals surface area (Å²) in [6.07, 6.45) is 8.14. The van der Waals surface area contributed by atoms with E-state index in [2.05, 4.69) is 40.7 Å². The fourth-order valence-electron chi connectivity index (χ4n) is 4.48. The van der Waals surface area contributed by atoms with E-state index in [1.807, 2.05) is 12.1 Å². The molecule has 1 aliphatic heterocycles. The van der Waals surface area contributed by atoms with E-state index in [0.29, 0.717) is 12.6 Å². The van der Waals surface area contributed by atoms with Crippen LogP contribution in [-0.4, -0.2) is 30.4 Å². The summed E-state index contributed by atoms with van der Waals surface area (Å²) in [6.45, 7) is 2.76. The lowest BCUT2D eigenvalue weighted by atomic mass is 9.95. The topological polar surface area (TPSA) is 74.6 Å². The van der Waals surface area contributed by atoms with Crippen LogP contribution in [-0.2, 0) is 17.8 Å². The van der Waals surface area contributed by atoms with Gasteiger partial charge in [-0.1, -0.05) is 37.5 Å². The first-order chi connectivity index (χ1) is 14.1. The number of hydrogen-bond donors (Lipinski definition) is 2. The molecule has 154 valence electrons. The molecule has 0 bridgehead atoms. The summed E-state index contributed by atoms with van der Waals surface area (Å²) in [5.41, 5.74) is 3.37. The molecule has 4 rings (SSSR count). The van der Waals surface area contributed by atoms with Crippen LogP contribution in [0.25, 0.3) is 0 Å². The monoisotopic (exact) mass is 395 g/mol. The third-order valence-electron chi connectivity index (χ3n) is 6.02. The zero-order valence-electron chi connectivity index (χ0n) is 16.9. The molecule has 2 aliphatic rings. The molecule has 2 heterocycles. The lowest BCUT2D eigenvalue weighted by molar-refractivity contribution is -0.121. The van der Waals surface area contributed by atoms with Crippen LogP contribution < -0.4 is 15.5 Å². The number of amides is 2. The maximum absolute atomic E-state index is 12.6. The van der Waals surface area contributed by atoms with Gasteiger partial charge in [0.05, 0.1) is 12.8 Å². The first kappa shape index (κ1) is 19.6. The largest absolute Gasteiger partial charge is 0.459 e. The Morgan fingerprint density at radius 1 is 1.14 bits per heavy atom. The van der Waals surface area contributed by atoms with Gasteiger partial charge in [-0.25, -0.2) is 0 Å². The highest BCUT2D eigenvalue weighted by Crippen LogP contribution is 2.33. The summed E-state index contributed by atoms with van der Waals surface area (Å²) in [5.74, 6) is -0.198. The van der Waals surface area contributed by atoms with Crippen molar-refractivity contribution in [2.75, 3.05) is 11.4 Å². The average Bonchev–Trinajstić information content (AvgIpc) is 3.32. The maximum atomic E-state index is 12.6. The number of carbonyl (C=O) groups is 2. The molecule has 1 atom stereocenters. The molecule has 1 aromatic heterocycles. The van der Waals surface area contributed by atoms with Crippen LogP contribution in [0.15, 0.2) is 41.0 Å². The first-order valence-electron chi connectivity index (χ1n) is 10.6. The molecule has 2 N–H and O–H groups in total. The Morgan fingerprint density at radius 3 is 2.76 bits per heavy atom. The smallest absolute Gasteiger partial charge is 0.287 e. The minimum atomic E-state index is -0.344. The molecule has 1 fully saturated rings. The third-order valence-corrected chi connectivity index (χ3v) is 6.02. The number of carbonyl (C=O) groups excluding carboxylic acids is 2. The second kappa shape index (κ2) is 8.72. The molecule has 1 aliphatic carbocycles. The van der Waals surface area contributed by atoms with Gasteiger partial charge in [0.2, 0.25) is 5.91 Å². The Labute approximate surface area is 171 Å². The quantitative estimate of drug-likeness (QED) is 0.786. The van der Waals surface area contributed by atoms with Gasteiger partial charge >= 0.3 is 0 Å². The summed E-state index contributed by atoms with van der Waals surface area (Å²) >= 11 is 0. The van der Waals surface area contributed by atoms with Crippen LogP contribution in [0.3, 0.4) is 0 Å². The van der Waals surface area contributed by atoms with E-state index in [0.717, 1.165) is 37.7 Å². The van der Waals surface area contributed by atoms with E-state index in [-0.39, 0.29) is 30.2 Å². The van der Waals surface area contributed by atoms with Gasteiger partial charge in [-0.15, -0.1) is 0 Å². The van der Waals surface area contributed by atoms with Crippen LogP contribution in [0.4, 0.5) is 5.69 Å². The van der Waals surface area contributed by atoms with Crippen LogP contribution >= 0.6 is 0 Å². The Morgan fingerprint density at radius 2 is 1.93 bits per heavy atom. The summed E-state index contributed by atoms with van der Waals surface area (Å²) in [4.78, 5) is 27.1. The van der Waals surface area contributed by atoms with Gasteiger partial charge in [-0.3, -0.25) is 9.59 Å². The van der Waals surface area contributed by atoms with Crippen molar-refractivity contribution in [3.8, 4) is 0 Å². The minimum Gasteiger partial charge on any atom is -0.459 e. The molecule has 29 heavy (non-hydrogen) atoms. The van der Waals surface area contributed by atoms with E-state index in [1.165, 1.54) is 17.7 Å². The van der Waals surface area contributed by atoms with Gasteiger partial charge < -0.3 is 20.0 Å². The molecule has 2 aromatic rings. The molecule has 1 aromatic carbocycles. The number of rotatable bonds is 6. The normalized spacial score (nSPS) is 19.1. The predicted molar refractivity (Wildman–Crippen MR) is 112 cm³/mol. The molecule has 0 saturated heterocycles. The molecule has 6 heteroatoms. The Hall–Kier alpha value is -2.76. The zero-order valence-corrected chi connectivity index (χ0v) is 16.9. The summed E-state index contributed by atoms with van der Waals surface area (Å²) in [6, 6.07) is 10.8.